The lowest BCUT2D eigenvalue weighted by Gasteiger charge is -2.25. The van der Waals surface area contributed by atoms with E-state index in [1.165, 1.54) is 12.5 Å². The maximum Gasteiger partial charge on any atom is 0.162 e. The first-order valence-corrected chi connectivity index (χ1v) is 4.44. The van der Waals surface area contributed by atoms with Crippen molar-refractivity contribution >= 4 is 0 Å². The molecule has 13 heavy (non-hydrogen) atoms. The van der Waals surface area contributed by atoms with Gasteiger partial charge in [0, 0.05) is 12.8 Å². The van der Waals surface area contributed by atoms with E-state index in [9.17, 15) is 0 Å². The highest BCUT2D eigenvalue weighted by atomic mass is 16.5. The Balaban J connectivity index is 0.000000252. The van der Waals surface area contributed by atoms with Crippen LogP contribution in [0.3, 0.4) is 0 Å². The monoisotopic (exact) mass is 186 g/mol. The fourth-order valence-electron chi connectivity index (χ4n) is 1.19. The van der Waals surface area contributed by atoms with E-state index in [-0.39, 0.29) is 0 Å². The minimum Gasteiger partial charge on any atom is -0.474 e. The maximum absolute atomic E-state index is 8.93. The van der Waals surface area contributed by atoms with E-state index in [1.807, 2.05) is 0 Å². The van der Waals surface area contributed by atoms with Gasteiger partial charge in [0.25, 0.3) is 0 Å². The topological polar surface area (TPSA) is 49.7 Å². The summed E-state index contributed by atoms with van der Waals surface area (Å²) in [4.78, 5) is 0. The summed E-state index contributed by atoms with van der Waals surface area (Å²) in [6.07, 6.45) is 6.84. The van der Waals surface area contributed by atoms with Crippen LogP contribution in [0.2, 0.25) is 0 Å². The average molecular weight is 186 g/mol. The van der Waals surface area contributed by atoms with Crippen LogP contribution in [0, 0.1) is 0 Å². The molecule has 1 saturated carbocycles. The summed E-state index contributed by atoms with van der Waals surface area (Å²) in [7, 11) is 0. The van der Waals surface area contributed by atoms with Gasteiger partial charge in [-0.05, 0) is 12.8 Å². The van der Waals surface area contributed by atoms with Crippen molar-refractivity contribution in [3.63, 3.8) is 0 Å². The predicted molar refractivity (Wildman–Crippen MR) is 51.7 cm³/mol. The van der Waals surface area contributed by atoms with Gasteiger partial charge in [-0.15, -0.1) is 0 Å². The number of rotatable bonds is 2. The zero-order valence-electron chi connectivity index (χ0n) is 7.91. The molecule has 0 atom stereocenters. The first-order valence-electron chi connectivity index (χ1n) is 4.44. The van der Waals surface area contributed by atoms with Crippen molar-refractivity contribution in [3.05, 3.63) is 25.7 Å². The van der Waals surface area contributed by atoms with E-state index in [2.05, 4.69) is 17.9 Å². The minimum absolute atomic E-state index is 0.562. The largest absolute Gasteiger partial charge is 0.474 e. The lowest BCUT2D eigenvalue weighted by molar-refractivity contribution is -0.180. The Labute approximate surface area is 79.3 Å². The third-order valence-electron chi connectivity index (χ3n) is 1.85. The molecule has 1 aliphatic carbocycles. The Morgan fingerprint density at radius 3 is 1.62 bits per heavy atom. The van der Waals surface area contributed by atoms with E-state index < -0.39 is 5.79 Å². The van der Waals surface area contributed by atoms with Gasteiger partial charge in [-0.3, -0.25) is 0 Å². The fourth-order valence-corrected chi connectivity index (χ4v) is 1.19. The van der Waals surface area contributed by atoms with Crippen LogP contribution in [0.15, 0.2) is 25.7 Å². The molecule has 0 unspecified atom stereocenters. The molecule has 76 valence electrons. The normalized spacial score (nSPS) is 19.2. The van der Waals surface area contributed by atoms with Gasteiger partial charge >= 0.3 is 0 Å². The highest BCUT2D eigenvalue weighted by Gasteiger charge is 2.24. The van der Waals surface area contributed by atoms with Gasteiger partial charge < -0.3 is 14.9 Å². The van der Waals surface area contributed by atoms with Crippen molar-refractivity contribution in [1.82, 2.24) is 0 Å². The maximum atomic E-state index is 8.93. The van der Waals surface area contributed by atoms with Gasteiger partial charge in [0.1, 0.15) is 0 Å². The molecule has 0 amide bonds. The molecule has 0 saturated heterocycles. The first-order chi connectivity index (χ1) is 6.12. The molecule has 0 aliphatic heterocycles. The summed E-state index contributed by atoms with van der Waals surface area (Å²) < 4.78 is 4.36. The Kier molecular flexibility index (Phi) is 6.28. The van der Waals surface area contributed by atoms with Crippen LogP contribution in [0.4, 0.5) is 0 Å². The van der Waals surface area contributed by atoms with Crippen molar-refractivity contribution in [2.24, 2.45) is 0 Å². The number of ether oxygens (including phenoxy) is 1. The third kappa shape index (κ3) is 7.56. The van der Waals surface area contributed by atoms with Gasteiger partial charge in [-0.1, -0.05) is 19.6 Å². The third-order valence-corrected chi connectivity index (χ3v) is 1.85. The molecule has 1 fully saturated rings. The van der Waals surface area contributed by atoms with Crippen LogP contribution in [-0.2, 0) is 4.74 Å². The van der Waals surface area contributed by atoms with E-state index in [4.69, 9.17) is 10.2 Å². The van der Waals surface area contributed by atoms with Crippen LogP contribution < -0.4 is 0 Å². The van der Waals surface area contributed by atoms with Gasteiger partial charge in [-0.25, -0.2) is 0 Å². The second-order valence-electron chi connectivity index (χ2n) is 3.01. The summed E-state index contributed by atoms with van der Waals surface area (Å²) in [5.74, 6) is -1.32. The Morgan fingerprint density at radius 1 is 1.00 bits per heavy atom. The predicted octanol–water partition coefficient (Wildman–Crippen LogP) is 1.92. The van der Waals surface area contributed by atoms with Crippen LogP contribution in [-0.4, -0.2) is 16.0 Å². The van der Waals surface area contributed by atoms with Crippen molar-refractivity contribution in [2.75, 3.05) is 0 Å². The first kappa shape index (κ1) is 12.2. The van der Waals surface area contributed by atoms with Crippen LogP contribution in [0.25, 0.3) is 0 Å². The van der Waals surface area contributed by atoms with Gasteiger partial charge in [0.15, 0.2) is 5.79 Å². The number of hydrogen-bond donors (Lipinski definition) is 2. The molecule has 1 aliphatic rings. The Hall–Kier alpha value is -0.800. The molecule has 0 aromatic rings. The van der Waals surface area contributed by atoms with Gasteiger partial charge in [-0.2, -0.15) is 0 Å². The Morgan fingerprint density at radius 2 is 1.46 bits per heavy atom. The van der Waals surface area contributed by atoms with E-state index in [0.29, 0.717) is 12.8 Å². The summed E-state index contributed by atoms with van der Waals surface area (Å²) in [5.41, 5.74) is 0. The molecular formula is C10H18O3. The highest BCUT2D eigenvalue weighted by molar-refractivity contribution is 4.69. The molecule has 0 bridgehead atoms. The van der Waals surface area contributed by atoms with E-state index in [1.54, 1.807) is 0 Å². The van der Waals surface area contributed by atoms with E-state index in [0.717, 1.165) is 19.3 Å². The second-order valence-corrected chi connectivity index (χ2v) is 3.01. The van der Waals surface area contributed by atoms with Crippen LogP contribution in [0.1, 0.15) is 32.1 Å². The highest BCUT2D eigenvalue weighted by Crippen LogP contribution is 2.24. The van der Waals surface area contributed by atoms with Gasteiger partial charge in [0.05, 0.1) is 12.5 Å². The molecule has 1 rings (SSSR count). The molecule has 3 heteroatoms. The molecule has 0 spiro atoms. The summed E-state index contributed by atoms with van der Waals surface area (Å²) in [5, 5.41) is 17.9. The van der Waals surface area contributed by atoms with Crippen LogP contribution in [0.5, 0.6) is 0 Å². The summed E-state index contributed by atoms with van der Waals surface area (Å²) >= 11 is 0. The standard InChI is InChI=1S/C6H12O2.C4H6O/c7-6(8)4-2-1-3-5-6;1-3-5-4-2/h7-8H,1-5H2;3-4H,1-2H2. The van der Waals surface area contributed by atoms with Crippen LogP contribution >= 0.6 is 0 Å². The van der Waals surface area contributed by atoms with Crippen molar-refractivity contribution in [3.8, 4) is 0 Å². The second kappa shape index (κ2) is 6.69. The summed E-state index contributed by atoms with van der Waals surface area (Å²) in [6.45, 7) is 6.51. The van der Waals surface area contributed by atoms with Crippen molar-refractivity contribution < 1.29 is 14.9 Å². The average Bonchev–Trinajstić information content (AvgIpc) is 2.06. The quantitative estimate of drug-likeness (QED) is 0.511. The minimum atomic E-state index is -1.32. The smallest absolute Gasteiger partial charge is 0.162 e. The molecule has 3 nitrogen and oxygen atoms in total. The molecular weight excluding hydrogens is 168 g/mol. The van der Waals surface area contributed by atoms with E-state index >= 15 is 0 Å². The van der Waals surface area contributed by atoms with Gasteiger partial charge in [0.2, 0.25) is 0 Å². The zero-order valence-corrected chi connectivity index (χ0v) is 7.91. The molecule has 0 aromatic carbocycles. The lowest BCUT2D eigenvalue weighted by Crippen LogP contribution is -2.30. The molecule has 0 heterocycles. The fraction of sp³-hybridized carbons (Fsp3) is 0.600. The summed E-state index contributed by atoms with van der Waals surface area (Å²) in [6, 6.07) is 0. The van der Waals surface area contributed by atoms with Crippen molar-refractivity contribution in [1.29, 1.82) is 0 Å². The Bertz CT molecular complexity index is 138. The zero-order chi connectivity index (χ0) is 10.2. The molecule has 0 aromatic heterocycles. The SMILES string of the molecule is C=COC=C.OC1(O)CCCCC1. The van der Waals surface area contributed by atoms with Crippen molar-refractivity contribution in [2.45, 2.75) is 37.9 Å². The molecule has 2 N–H and O–H groups in total. The number of hydrogen-bond acceptors (Lipinski definition) is 3. The lowest BCUT2D eigenvalue weighted by atomic mass is 9.95. The number of aliphatic hydroxyl groups is 2. The molecule has 0 radical (unpaired) electrons.